The third kappa shape index (κ3) is 4.50. The molecule has 4 rings (SSSR count). The summed E-state index contributed by atoms with van der Waals surface area (Å²) in [7, 11) is -3.68. The number of amides is 1. The summed E-state index contributed by atoms with van der Waals surface area (Å²) in [6.45, 7) is 2.34. The Bertz CT molecular complexity index is 1040. The number of sulfonamides is 1. The van der Waals surface area contributed by atoms with Gasteiger partial charge in [-0.2, -0.15) is 5.26 Å². The molecule has 2 heterocycles. The average Bonchev–Trinajstić information content (AvgIpc) is 3.17. The summed E-state index contributed by atoms with van der Waals surface area (Å²) in [6, 6.07) is 17.1. The third-order valence-electron chi connectivity index (χ3n) is 5.64. The van der Waals surface area contributed by atoms with Crippen LogP contribution in [0.3, 0.4) is 0 Å². The van der Waals surface area contributed by atoms with E-state index in [9.17, 15) is 13.2 Å². The topological polar surface area (TPSA) is 93.5 Å². The molecule has 2 aliphatic heterocycles. The van der Waals surface area contributed by atoms with E-state index in [0.717, 1.165) is 19.5 Å². The molecule has 3 unspecified atom stereocenters. The molecule has 2 aromatic carbocycles. The molecule has 0 aromatic heterocycles. The van der Waals surface area contributed by atoms with Gasteiger partial charge >= 0.3 is 0 Å². The highest BCUT2D eigenvalue weighted by Gasteiger charge is 2.41. The van der Waals surface area contributed by atoms with Crippen LogP contribution in [-0.2, 0) is 10.0 Å². The van der Waals surface area contributed by atoms with Crippen LogP contribution in [0.1, 0.15) is 22.3 Å². The molecule has 0 saturated carbocycles. The van der Waals surface area contributed by atoms with Crippen molar-refractivity contribution in [3.8, 4) is 6.07 Å². The van der Waals surface area contributed by atoms with E-state index < -0.39 is 10.0 Å². The zero-order chi connectivity index (χ0) is 20.4. The van der Waals surface area contributed by atoms with E-state index in [4.69, 9.17) is 5.26 Å². The van der Waals surface area contributed by atoms with Gasteiger partial charge in [0.2, 0.25) is 10.0 Å². The highest BCUT2D eigenvalue weighted by molar-refractivity contribution is 7.89. The standard InChI is InChI=1S/C21H22N4O3S.ClH/c22-12-16-6-8-20(9-7-16)29(27,28)23-13-19-15-25(18-10-11-24(19)14-18)21(26)17-4-2-1-3-5-17;/h1-9,18-19,23H,10-11,13-15H2;1H. The number of nitrogens with one attached hydrogen (secondary N) is 1. The fourth-order valence-electron chi connectivity index (χ4n) is 4.03. The van der Waals surface area contributed by atoms with Crippen molar-refractivity contribution in [3.05, 3.63) is 65.7 Å². The summed E-state index contributed by atoms with van der Waals surface area (Å²) in [5, 5.41) is 8.86. The molecule has 2 fully saturated rings. The minimum atomic E-state index is -3.68. The van der Waals surface area contributed by atoms with Crippen LogP contribution in [0.5, 0.6) is 0 Å². The maximum atomic E-state index is 13.0. The first-order valence-electron chi connectivity index (χ1n) is 9.58. The van der Waals surface area contributed by atoms with Crippen LogP contribution in [0.25, 0.3) is 0 Å². The predicted octanol–water partition coefficient (Wildman–Crippen LogP) is 1.86. The molecule has 30 heavy (non-hydrogen) atoms. The van der Waals surface area contributed by atoms with E-state index in [1.807, 2.05) is 41.3 Å². The molecular weight excluding hydrogens is 424 g/mol. The minimum absolute atomic E-state index is 0. The Hall–Kier alpha value is -2.44. The van der Waals surface area contributed by atoms with Gasteiger partial charge < -0.3 is 4.90 Å². The molecule has 2 aromatic rings. The number of hydrogen-bond donors (Lipinski definition) is 1. The summed E-state index contributed by atoms with van der Waals surface area (Å²) in [5.41, 5.74) is 1.07. The molecule has 0 radical (unpaired) electrons. The highest BCUT2D eigenvalue weighted by Crippen LogP contribution is 2.26. The molecule has 0 aliphatic carbocycles. The van der Waals surface area contributed by atoms with Gasteiger partial charge in [-0.15, -0.1) is 12.4 Å². The number of rotatable bonds is 5. The molecule has 1 N–H and O–H groups in total. The third-order valence-corrected chi connectivity index (χ3v) is 7.08. The number of carbonyl (C=O) groups excluding carboxylic acids is 1. The second kappa shape index (κ2) is 9.14. The van der Waals surface area contributed by atoms with Crippen molar-refractivity contribution in [3.63, 3.8) is 0 Å². The molecule has 7 nitrogen and oxygen atoms in total. The van der Waals surface area contributed by atoms with Crippen molar-refractivity contribution in [1.29, 1.82) is 5.26 Å². The van der Waals surface area contributed by atoms with Crippen molar-refractivity contribution in [1.82, 2.24) is 14.5 Å². The van der Waals surface area contributed by atoms with Gasteiger partial charge in [-0.25, -0.2) is 13.1 Å². The number of fused-ring (bicyclic) bond motifs is 2. The molecule has 1 amide bonds. The Kier molecular flexibility index (Phi) is 6.78. The molecule has 158 valence electrons. The zero-order valence-electron chi connectivity index (χ0n) is 16.3. The molecule has 2 aliphatic rings. The SMILES string of the molecule is Cl.N#Cc1ccc(S(=O)(=O)NCC2CN(C(=O)c3ccccc3)C3CCN2C3)cc1. The lowest BCUT2D eigenvalue weighted by Gasteiger charge is -2.40. The molecular formula is C21H23ClN4O3S. The van der Waals surface area contributed by atoms with Gasteiger partial charge in [-0.1, -0.05) is 18.2 Å². The fourth-order valence-corrected chi connectivity index (χ4v) is 5.11. The average molecular weight is 447 g/mol. The number of nitriles is 1. The van der Waals surface area contributed by atoms with E-state index in [1.165, 1.54) is 24.3 Å². The number of hydrogen-bond acceptors (Lipinski definition) is 5. The van der Waals surface area contributed by atoms with Crippen LogP contribution in [0, 0.1) is 11.3 Å². The van der Waals surface area contributed by atoms with Crippen molar-refractivity contribution >= 4 is 28.3 Å². The predicted molar refractivity (Wildman–Crippen MR) is 115 cm³/mol. The van der Waals surface area contributed by atoms with E-state index in [0.29, 0.717) is 17.7 Å². The van der Waals surface area contributed by atoms with Gasteiger partial charge in [0.15, 0.2) is 0 Å². The minimum Gasteiger partial charge on any atom is -0.333 e. The van der Waals surface area contributed by atoms with Crippen LogP contribution in [0.4, 0.5) is 0 Å². The van der Waals surface area contributed by atoms with Crippen molar-refractivity contribution in [2.24, 2.45) is 0 Å². The Morgan fingerprint density at radius 3 is 2.47 bits per heavy atom. The second-order valence-electron chi connectivity index (χ2n) is 7.40. The monoisotopic (exact) mass is 446 g/mol. The van der Waals surface area contributed by atoms with E-state index in [2.05, 4.69) is 9.62 Å². The van der Waals surface area contributed by atoms with Crippen LogP contribution < -0.4 is 4.72 Å². The van der Waals surface area contributed by atoms with Crippen molar-refractivity contribution in [2.45, 2.75) is 23.4 Å². The number of benzene rings is 2. The summed E-state index contributed by atoms with van der Waals surface area (Å²) in [6.07, 6.45) is 0.900. The second-order valence-corrected chi connectivity index (χ2v) is 9.17. The smallest absolute Gasteiger partial charge is 0.254 e. The molecule has 2 bridgehead atoms. The first kappa shape index (κ1) is 22.2. The van der Waals surface area contributed by atoms with Gasteiger partial charge in [-0.05, 0) is 42.8 Å². The Labute approximate surface area is 182 Å². The highest BCUT2D eigenvalue weighted by atomic mass is 35.5. The van der Waals surface area contributed by atoms with Crippen LogP contribution >= 0.6 is 12.4 Å². The van der Waals surface area contributed by atoms with Gasteiger partial charge in [0.1, 0.15) is 0 Å². The maximum absolute atomic E-state index is 13.0. The normalized spacial score (nSPS) is 22.8. The van der Waals surface area contributed by atoms with E-state index in [-0.39, 0.29) is 41.8 Å². The van der Waals surface area contributed by atoms with Crippen molar-refractivity contribution in [2.75, 3.05) is 26.2 Å². The Morgan fingerprint density at radius 1 is 1.10 bits per heavy atom. The van der Waals surface area contributed by atoms with Crippen LogP contribution in [-0.4, -0.2) is 62.4 Å². The van der Waals surface area contributed by atoms with Gasteiger partial charge in [0, 0.05) is 43.8 Å². The summed E-state index contributed by atoms with van der Waals surface area (Å²) < 4.78 is 27.9. The number of piperazine rings is 1. The first-order valence-corrected chi connectivity index (χ1v) is 11.1. The number of carbonyl (C=O) groups is 1. The van der Waals surface area contributed by atoms with E-state index in [1.54, 1.807) is 0 Å². The Morgan fingerprint density at radius 2 is 1.80 bits per heavy atom. The lowest BCUT2D eigenvalue weighted by atomic mass is 10.1. The summed E-state index contributed by atoms with van der Waals surface area (Å²) in [4.78, 5) is 17.2. The van der Waals surface area contributed by atoms with Crippen molar-refractivity contribution < 1.29 is 13.2 Å². The first-order chi connectivity index (χ1) is 14.0. The molecule has 3 atom stereocenters. The molecule has 2 saturated heterocycles. The zero-order valence-corrected chi connectivity index (χ0v) is 17.9. The van der Waals surface area contributed by atoms with Gasteiger partial charge in [0.05, 0.1) is 16.5 Å². The lowest BCUT2D eigenvalue weighted by Crippen LogP contribution is -2.57. The molecule has 9 heteroatoms. The van der Waals surface area contributed by atoms with Gasteiger partial charge in [-0.3, -0.25) is 9.69 Å². The lowest BCUT2D eigenvalue weighted by molar-refractivity contribution is 0.0503. The Balaban J connectivity index is 0.00000256. The number of halogens is 1. The molecule has 0 spiro atoms. The van der Waals surface area contributed by atoms with E-state index >= 15 is 0 Å². The van der Waals surface area contributed by atoms with Crippen LogP contribution in [0.2, 0.25) is 0 Å². The quantitative estimate of drug-likeness (QED) is 0.756. The van der Waals surface area contributed by atoms with Gasteiger partial charge in [0.25, 0.3) is 5.91 Å². The number of nitrogens with zero attached hydrogens (tertiary/aromatic N) is 3. The summed E-state index contributed by atoms with van der Waals surface area (Å²) in [5.74, 6) is -0.00269. The fraction of sp³-hybridized carbons (Fsp3) is 0.333. The summed E-state index contributed by atoms with van der Waals surface area (Å²) >= 11 is 0. The largest absolute Gasteiger partial charge is 0.333 e. The maximum Gasteiger partial charge on any atom is 0.254 e. The van der Waals surface area contributed by atoms with Crippen LogP contribution in [0.15, 0.2) is 59.5 Å².